The summed E-state index contributed by atoms with van der Waals surface area (Å²) in [6.45, 7) is 8.15. The van der Waals surface area contributed by atoms with Crippen molar-refractivity contribution in [3.8, 4) is 0 Å². The second-order valence-electron chi connectivity index (χ2n) is 5.39. The topological polar surface area (TPSA) is 35.5 Å². The molecule has 0 aromatic heterocycles. The minimum Gasteiger partial charge on any atom is -0.431 e. The first-order valence-electron chi connectivity index (χ1n) is 6.41. The molecule has 0 aromatic carbocycles. The maximum atomic E-state index is 11.5. The van der Waals surface area contributed by atoms with Gasteiger partial charge >= 0.3 is 6.16 Å². The summed E-state index contributed by atoms with van der Waals surface area (Å²) < 4.78 is 10.2. The molecule has 0 radical (unpaired) electrons. The summed E-state index contributed by atoms with van der Waals surface area (Å²) in [4.78, 5) is 11.5. The van der Waals surface area contributed by atoms with Crippen LogP contribution in [-0.2, 0) is 9.47 Å². The fraction of sp³-hybridized carbons (Fsp3) is 0.923. The summed E-state index contributed by atoms with van der Waals surface area (Å²) in [7, 11) is 0. The number of carbonyl (C=O) groups is 1. The number of alkyl halides is 1. The van der Waals surface area contributed by atoms with Crippen LogP contribution in [0.2, 0.25) is 0 Å². The zero-order valence-electron chi connectivity index (χ0n) is 11.1. The molecule has 0 N–H and O–H groups in total. The highest BCUT2D eigenvalue weighted by molar-refractivity contribution is 6.19. The normalized spacial score (nSPS) is 31.1. The largest absolute Gasteiger partial charge is 0.510 e. The third-order valence-corrected chi connectivity index (χ3v) is 3.56. The first-order chi connectivity index (χ1) is 7.90. The first kappa shape index (κ1) is 14.6. The van der Waals surface area contributed by atoms with Crippen LogP contribution < -0.4 is 0 Å². The van der Waals surface area contributed by atoms with Crippen LogP contribution in [-0.4, -0.2) is 17.8 Å². The zero-order valence-corrected chi connectivity index (χ0v) is 11.9. The van der Waals surface area contributed by atoms with Crippen LogP contribution in [0.1, 0.15) is 47.0 Å². The molecule has 0 spiro atoms. The van der Waals surface area contributed by atoms with Gasteiger partial charge in [-0.2, -0.15) is 0 Å². The molecule has 4 atom stereocenters. The Hall–Kier alpha value is -0.440. The van der Waals surface area contributed by atoms with Gasteiger partial charge in [-0.05, 0) is 37.5 Å². The molecule has 1 aliphatic rings. The predicted octanol–water partition coefficient (Wildman–Crippen LogP) is 4.19. The van der Waals surface area contributed by atoms with Crippen LogP contribution in [0.15, 0.2) is 0 Å². The van der Waals surface area contributed by atoms with Crippen molar-refractivity contribution in [1.82, 2.24) is 0 Å². The molecule has 0 saturated heterocycles. The Bertz CT molecular complexity index is 253. The van der Waals surface area contributed by atoms with E-state index in [-0.39, 0.29) is 6.10 Å². The van der Waals surface area contributed by atoms with E-state index in [0.717, 1.165) is 12.8 Å². The maximum absolute atomic E-state index is 11.5. The monoisotopic (exact) mass is 262 g/mol. The third-order valence-electron chi connectivity index (χ3n) is 3.47. The van der Waals surface area contributed by atoms with Crippen molar-refractivity contribution in [2.45, 2.75) is 58.6 Å². The molecule has 0 heterocycles. The summed E-state index contributed by atoms with van der Waals surface area (Å²) in [5.41, 5.74) is -0.638. The van der Waals surface area contributed by atoms with Crippen LogP contribution in [0.5, 0.6) is 0 Å². The average molecular weight is 263 g/mol. The van der Waals surface area contributed by atoms with Gasteiger partial charge in [0.05, 0.1) is 0 Å². The molecule has 1 fully saturated rings. The van der Waals surface area contributed by atoms with E-state index in [1.165, 1.54) is 6.42 Å². The van der Waals surface area contributed by atoms with Gasteiger partial charge in [-0.25, -0.2) is 4.79 Å². The molecule has 3 nitrogen and oxygen atoms in total. The maximum Gasteiger partial charge on any atom is 0.510 e. The van der Waals surface area contributed by atoms with Crippen LogP contribution in [0, 0.1) is 17.8 Å². The number of hydrogen-bond donors (Lipinski definition) is 0. The minimum absolute atomic E-state index is 0.0262. The number of ether oxygens (including phenoxy) is 2. The van der Waals surface area contributed by atoms with Crippen LogP contribution in [0.4, 0.5) is 4.79 Å². The Morgan fingerprint density at radius 1 is 1.29 bits per heavy atom. The second kappa shape index (κ2) is 6.48. The lowest BCUT2D eigenvalue weighted by Crippen LogP contribution is -2.36. The van der Waals surface area contributed by atoms with E-state index in [1.807, 2.05) is 0 Å². The van der Waals surface area contributed by atoms with Crippen LogP contribution in [0.3, 0.4) is 0 Å². The summed E-state index contributed by atoms with van der Waals surface area (Å²) in [6.07, 6.45) is 2.59. The summed E-state index contributed by atoms with van der Waals surface area (Å²) in [5.74, 6) is 1.56. The number of carbonyl (C=O) groups excluding carboxylic acids is 1. The van der Waals surface area contributed by atoms with Gasteiger partial charge in [-0.3, -0.25) is 0 Å². The Balaban J connectivity index is 2.54. The molecule has 0 aromatic rings. The molecule has 1 rings (SSSR count). The van der Waals surface area contributed by atoms with E-state index in [1.54, 1.807) is 6.92 Å². The van der Waals surface area contributed by atoms with Crippen LogP contribution in [0.25, 0.3) is 0 Å². The lowest BCUT2D eigenvalue weighted by atomic mass is 9.75. The molecular weight excluding hydrogens is 240 g/mol. The minimum atomic E-state index is -0.641. The van der Waals surface area contributed by atoms with Crippen molar-refractivity contribution in [3.63, 3.8) is 0 Å². The van der Waals surface area contributed by atoms with Crippen molar-refractivity contribution in [2.24, 2.45) is 17.8 Å². The van der Waals surface area contributed by atoms with Crippen molar-refractivity contribution in [1.29, 1.82) is 0 Å². The van der Waals surface area contributed by atoms with E-state index < -0.39 is 11.7 Å². The average Bonchev–Trinajstić information content (AvgIpc) is 2.15. The molecule has 0 unspecified atom stereocenters. The Morgan fingerprint density at radius 2 is 1.94 bits per heavy atom. The first-order valence-corrected chi connectivity index (χ1v) is 6.85. The quantitative estimate of drug-likeness (QED) is 0.565. The van der Waals surface area contributed by atoms with E-state index in [0.29, 0.717) is 17.8 Å². The molecule has 4 heteroatoms. The second-order valence-corrected chi connectivity index (χ2v) is 6.01. The molecular formula is C13H23ClO3. The van der Waals surface area contributed by atoms with Gasteiger partial charge in [0.15, 0.2) is 5.56 Å². The third kappa shape index (κ3) is 4.74. The molecule has 0 aliphatic heterocycles. The van der Waals surface area contributed by atoms with Crippen molar-refractivity contribution < 1.29 is 14.3 Å². The van der Waals surface area contributed by atoms with Crippen molar-refractivity contribution in [2.75, 3.05) is 0 Å². The summed E-state index contributed by atoms with van der Waals surface area (Å²) in [6, 6.07) is 0. The van der Waals surface area contributed by atoms with Crippen molar-refractivity contribution >= 4 is 17.8 Å². The summed E-state index contributed by atoms with van der Waals surface area (Å²) in [5, 5.41) is 0. The van der Waals surface area contributed by atoms with Crippen LogP contribution >= 0.6 is 11.6 Å². The van der Waals surface area contributed by atoms with Gasteiger partial charge in [-0.15, -0.1) is 0 Å². The lowest BCUT2D eigenvalue weighted by Gasteiger charge is -2.36. The standard InChI is InChI=1S/C13H23ClO3/c1-8(2)11-6-5-9(3)7-12(11)17-13(15)16-10(4)14/h8-12H,5-7H2,1-4H3/t9-,10+,11+,12-/m1/s1. The molecule has 1 saturated carbocycles. The lowest BCUT2D eigenvalue weighted by molar-refractivity contribution is -0.0342. The predicted molar refractivity (Wildman–Crippen MR) is 68.0 cm³/mol. The summed E-state index contributed by atoms with van der Waals surface area (Å²) >= 11 is 5.59. The fourth-order valence-electron chi connectivity index (χ4n) is 2.53. The number of halogens is 1. The van der Waals surface area contributed by atoms with Crippen molar-refractivity contribution in [3.05, 3.63) is 0 Å². The molecule has 1 aliphatic carbocycles. The van der Waals surface area contributed by atoms with Gasteiger partial charge in [0.25, 0.3) is 0 Å². The SMILES string of the molecule is CC(C)[C@@H]1CC[C@@H](C)C[C@H]1OC(=O)O[C@@H](C)Cl. The van der Waals surface area contributed by atoms with Gasteiger partial charge in [0, 0.05) is 0 Å². The highest BCUT2D eigenvalue weighted by Crippen LogP contribution is 2.35. The molecule has 17 heavy (non-hydrogen) atoms. The highest BCUT2D eigenvalue weighted by atomic mass is 35.5. The zero-order chi connectivity index (χ0) is 13.0. The Kier molecular flexibility index (Phi) is 5.57. The van der Waals surface area contributed by atoms with Gasteiger partial charge < -0.3 is 9.47 Å². The molecule has 0 bridgehead atoms. The fourth-order valence-corrected chi connectivity index (χ4v) is 2.61. The van der Waals surface area contributed by atoms with E-state index in [2.05, 4.69) is 20.8 Å². The molecule has 0 amide bonds. The smallest absolute Gasteiger partial charge is 0.431 e. The van der Waals surface area contributed by atoms with Gasteiger partial charge in [0.2, 0.25) is 0 Å². The Labute approximate surface area is 109 Å². The van der Waals surface area contributed by atoms with E-state index in [4.69, 9.17) is 21.1 Å². The van der Waals surface area contributed by atoms with E-state index >= 15 is 0 Å². The van der Waals surface area contributed by atoms with Gasteiger partial charge in [0.1, 0.15) is 6.10 Å². The van der Waals surface area contributed by atoms with Gasteiger partial charge in [-0.1, -0.05) is 38.8 Å². The number of hydrogen-bond acceptors (Lipinski definition) is 3. The molecule has 100 valence electrons. The highest BCUT2D eigenvalue weighted by Gasteiger charge is 2.33. The number of rotatable bonds is 3. The Morgan fingerprint density at radius 3 is 2.47 bits per heavy atom. The van der Waals surface area contributed by atoms with E-state index in [9.17, 15) is 4.79 Å².